The minimum Gasteiger partial charge on any atom is -0.264 e. The predicted octanol–water partition coefficient (Wildman–Crippen LogP) is 3.59. The monoisotopic (exact) mass is 238 g/mol. The molecule has 2 heteroatoms. The molecule has 1 aliphatic carbocycles. The van der Waals surface area contributed by atoms with Gasteiger partial charge < -0.3 is 0 Å². The van der Waals surface area contributed by atoms with E-state index in [1.54, 1.807) is 0 Å². The molecule has 0 spiro atoms. The van der Waals surface area contributed by atoms with Gasteiger partial charge in [-0.05, 0) is 32.3 Å². The zero-order chi connectivity index (χ0) is 12.5. The van der Waals surface area contributed by atoms with Gasteiger partial charge in [0.2, 0.25) is 0 Å². The van der Waals surface area contributed by atoms with E-state index in [0.29, 0.717) is 0 Å². The zero-order valence-corrected chi connectivity index (χ0v) is 11.0. The topological polar surface area (TPSA) is 17.8 Å². The smallest absolute Gasteiger partial charge is 0.0669 e. The van der Waals surface area contributed by atoms with Gasteiger partial charge in [0.15, 0.2) is 0 Å². The number of nitrogens with zero attached hydrogens (tertiary/aromatic N) is 2. The largest absolute Gasteiger partial charge is 0.264 e. The second-order valence-electron chi connectivity index (χ2n) is 5.08. The van der Waals surface area contributed by atoms with Gasteiger partial charge in [-0.1, -0.05) is 42.0 Å². The van der Waals surface area contributed by atoms with Crippen LogP contribution in [0.2, 0.25) is 0 Å². The van der Waals surface area contributed by atoms with Crippen LogP contribution in [0.4, 0.5) is 0 Å². The summed E-state index contributed by atoms with van der Waals surface area (Å²) in [6, 6.07) is 10.5. The molecule has 3 rings (SSSR count). The lowest BCUT2D eigenvalue weighted by molar-refractivity contribution is 0.634. The summed E-state index contributed by atoms with van der Waals surface area (Å²) in [7, 11) is 0. The third-order valence-electron chi connectivity index (χ3n) is 3.61. The summed E-state index contributed by atoms with van der Waals surface area (Å²) in [6.07, 6.45) is 4.57. The van der Waals surface area contributed by atoms with E-state index in [4.69, 9.17) is 5.10 Å². The Morgan fingerprint density at radius 3 is 2.67 bits per heavy atom. The number of aromatic nitrogens is 2. The van der Waals surface area contributed by atoms with E-state index < -0.39 is 0 Å². The van der Waals surface area contributed by atoms with E-state index >= 15 is 0 Å². The van der Waals surface area contributed by atoms with E-state index in [0.717, 1.165) is 25.1 Å². The highest BCUT2D eigenvalue weighted by molar-refractivity contribution is 5.59. The fourth-order valence-electron chi connectivity index (χ4n) is 2.62. The van der Waals surface area contributed by atoms with Crippen LogP contribution in [0.3, 0.4) is 0 Å². The fourth-order valence-corrected chi connectivity index (χ4v) is 2.62. The molecule has 2 nitrogen and oxygen atoms in total. The highest BCUT2D eigenvalue weighted by Gasteiger charge is 2.17. The average molecular weight is 238 g/mol. The Kier molecular flexibility index (Phi) is 2.78. The molecule has 0 bridgehead atoms. The molecule has 1 heterocycles. The molecule has 0 radical (unpaired) electrons. The molecule has 18 heavy (non-hydrogen) atoms. The van der Waals surface area contributed by atoms with E-state index in [1.807, 2.05) is 0 Å². The quantitative estimate of drug-likeness (QED) is 0.781. The maximum absolute atomic E-state index is 4.69. The van der Waals surface area contributed by atoms with Crippen LogP contribution in [-0.4, -0.2) is 9.78 Å². The van der Waals surface area contributed by atoms with Crippen molar-refractivity contribution in [1.29, 1.82) is 0 Å². The molecule has 2 aromatic rings. The van der Waals surface area contributed by atoms with Crippen LogP contribution in [0.1, 0.15) is 35.9 Å². The molecular formula is C16H18N2. The molecule has 0 unspecified atom stereocenters. The Morgan fingerprint density at radius 1 is 1.11 bits per heavy atom. The molecule has 0 aliphatic heterocycles. The first-order valence-electron chi connectivity index (χ1n) is 6.51. The third kappa shape index (κ3) is 1.99. The molecule has 1 aromatic heterocycles. The van der Waals surface area contributed by atoms with E-state index in [9.17, 15) is 0 Å². The number of hydrogen-bond donors (Lipinski definition) is 0. The van der Waals surface area contributed by atoms with Crippen LogP contribution < -0.4 is 0 Å². The maximum atomic E-state index is 4.69. The summed E-state index contributed by atoms with van der Waals surface area (Å²) in [5.41, 5.74) is 6.66. The van der Waals surface area contributed by atoms with Crippen LogP contribution in [0, 0.1) is 6.92 Å². The second kappa shape index (κ2) is 4.45. The molecule has 92 valence electrons. The SMILES string of the molecule is CC1=Cc2c(C)nn(Cc3ccccc3)c2CC1. The number of benzene rings is 1. The normalized spacial score (nSPS) is 14.2. The lowest BCUT2D eigenvalue weighted by Gasteiger charge is -2.13. The van der Waals surface area contributed by atoms with Gasteiger partial charge in [0.1, 0.15) is 0 Å². The Labute approximate surface area is 108 Å². The van der Waals surface area contributed by atoms with Gasteiger partial charge in [0, 0.05) is 11.3 Å². The summed E-state index contributed by atoms with van der Waals surface area (Å²) in [4.78, 5) is 0. The molecule has 1 aliphatic rings. The van der Waals surface area contributed by atoms with Crippen molar-refractivity contribution in [3.63, 3.8) is 0 Å². The van der Waals surface area contributed by atoms with Gasteiger partial charge in [0.25, 0.3) is 0 Å². The minimum atomic E-state index is 0.879. The summed E-state index contributed by atoms with van der Waals surface area (Å²) < 4.78 is 2.17. The van der Waals surface area contributed by atoms with Crippen molar-refractivity contribution < 1.29 is 0 Å². The van der Waals surface area contributed by atoms with Crippen molar-refractivity contribution in [3.05, 3.63) is 58.4 Å². The van der Waals surface area contributed by atoms with Gasteiger partial charge in [0.05, 0.1) is 12.2 Å². The zero-order valence-electron chi connectivity index (χ0n) is 11.0. The van der Waals surface area contributed by atoms with Crippen molar-refractivity contribution in [2.24, 2.45) is 0 Å². The molecule has 0 fully saturated rings. The standard InChI is InChI=1S/C16H18N2/c1-12-8-9-16-15(10-12)13(2)17-18(16)11-14-6-4-3-5-7-14/h3-7,10H,8-9,11H2,1-2H3. The maximum Gasteiger partial charge on any atom is 0.0669 e. The Morgan fingerprint density at radius 2 is 1.89 bits per heavy atom. The van der Waals surface area contributed by atoms with Gasteiger partial charge in [-0.3, -0.25) is 4.68 Å². The molecule has 0 saturated carbocycles. The second-order valence-corrected chi connectivity index (χ2v) is 5.08. The van der Waals surface area contributed by atoms with Crippen molar-refractivity contribution in [2.75, 3.05) is 0 Å². The van der Waals surface area contributed by atoms with E-state index in [1.165, 1.54) is 22.4 Å². The number of fused-ring (bicyclic) bond motifs is 1. The van der Waals surface area contributed by atoms with Crippen LogP contribution in [0.15, 0.2) is 35.9 Å². The Bertz CT molecular complexity index is 591. The predicted molar refractivity (Wildman–Crippen MR) is 74.5 cm³/mol. The number of rotatable bonds is 2. The van der Waals surface area contributed by atoms with E-state index in [2.05, 4.69) is 54.9 Å². The van der Waals surface area contributed by atoms with Gasteiger partial charge >= 0.3 is 0 Å². The van der Waals surface area contributed by atoms with Crippen molar-refractivity contribution in [3.8, 4) is 0 Å². The lowest BCUT2D eigenvalue weighted by Crippen LogP contribution is -2.08. The highest BCUT2D eigenvalue weighted by atomic mass is 15.3. The summed E-state index contributed by atoms with van der Waals surface area (Å²) >= 11 is 0. The summed E-state index contributed by atoms with van der Waals surface area (Å²) in [5, 5.41) is 4.69. The first-order valence-corrected chi connectivity index (χ1v) is 6.51. The van der Waals surface area contributed by atoms with Crippen LogP contribution >= 0.6 is 0 Å². The first kappa shape index (κ1) is 11.3. The number of hydrogen-bond acceptors (Lipinski definition) is 1. The average Bonchev–Trinajstić information content (AvgIpc) is 2.67. The summed E-state index contributed by atoms with van der Waals surface area (Å²) in [5.74, 6) is 0. The Balaban J connectivity index is 1.98. The van der Waals surface area contributed by atoms with Gasteiger partial charge in [-0.15, -0.1) is 0 Å². The first-order chi connectivity index (χ1) is 8.74. The fraction of sp³-hybridized carbons (Fsp3) is 0.312. The van der Waals surface area contributed by atoms with Crippen LogP contribution in [0.5, 0.6) is 0 Å². The minimum absolute atomic E-state index is 0.879. The highest BCUT2D eigenvalue weighted by Crippen LogP contribution is 2.26. The molecular weight excluding hydrogens is 220 g/mol. The molecule has 1 aromatic carbocycles. The lowest BCUT2D eigenvalue weighted by atomic mass is 9.97. The molecule has 0 saturated heterocycles. The summed E-state index contributed by atoms with van der Waals surface area (Å²) in [6.45, 7) is 5.19. The van der Waals surface area contributed by atoms with Gasteiger partial charge in [-0.2, -0.15) is 5.10 Å². The number of allylic oxidation sites excluding steroid dienone is 1. The van der Waals surface area contributed by atoms with Crippen molar-refractivity contribution in [1.82, 2.24) is 9.78 Å². The van der Waals surface area contributed by atoms with Crippen molar-refractivity contribution >= 4 is 6.08 Å². The third-order valence-corrected chi connectivity index (χ3v) is 3.61. The molecule has 0 atom stereocenters. The molecule has 0 amide bonds. The number of aryl methyl sites for hydroxylation is 1. The van der Waals surface area contributed by atoms with Crippen molar-refractivity contribution in [2.45, 2.75) is 33.2 Å². The van der Waals surface area contributed by atoms with Gasteiger partial charge in [-0.25, -0.2) is 0 Å². The van der Waals surface area contributed by atoms with Crippen LogP contribution in [-0.2, 0) is 13.0 Å². The van der Waals surface area contributed by atoms with Crippen LogP contribution in [0.25, 0.3) is 6.08 Å². The van der Waals surface area contributed by atoms with E-state index in [-0.39, 0.29) is 0 Å². The Hall–Kier alpha value is -1.83. The molecule has 0 N–H and O–H groups in total.